The van der Waals surface area contributed by atoms with E-state index in [0.29, 0.717) is 6.54 Å². The first-order chi connectivity index (χ1) is 12.8. The van der Waals surface area contributed by atoms with Gasteiger partial charge < -0.3 is 10.6 Å². The fourth-order valence-electron chi connectivity index (χ4n) is 3.41. The monoisotopic (exact) mass is 391 g/mol. The molecule has 1 aromatic carbocycles. The molecule has 1 aliphatic rings. The Labute approximate surface area is 159 Å². The van der Waals surface area contributed by atoms with E-state index in [1.807, 2.05) is 26.2 Å². The highest BCUT2D eigenvalue weighted by molar-refractivity contribution is 7.89. The van der Waals surface area contributed by atoms with Crippen LogP contribution in [0, 0.1) is 5.92 Å². The van der Waals surface area contributed by atoms with Gasteiger partial charge in [-0.1, -0.05) is 12.1 Å². The van der Waals surface area contributed by atoms with Gasteiger partial charge in [0, 0.05) is 32.3 Å². The van der Waals surface area contributed by atoms with Crippen molar-refractivity contribution in [2.24, 2.45) is 13.0 Å². The Balaban J connectivity index is 1.73. The molecule has 0 spiro atoms. The number of hydrogen-bond donors (Lipinski definition) is 3. The van der Waals surface area contributed by atoms with Crippen molar-refractivity contribution in [1.29, 1.82) is 0 Å². The van der Waals surface area contributed by atoms with Gasteiger partial charge in [-0.05, 0) is 37.2 Å². The van der Waals surface area contributed by atoms with Gasteiger partial charge in [-0.3, -0.25) is 9.48 Å². The van der Waals surface area contributed by atoms with E-state index < -0.39 is 10.0 Å². The number of aryl methyl sites for hydroxylation is 1. The van der Waals surface area contributed by atoms with Crippen LogP contribution in [0.2, 0.25) is 0 Å². The molecule has 27 heavy (non-hydrogen) atoms. The number of sulfonamides is 1. The van der Waals surface area contributed by atoms with E-state index in [4.69, 9.17) is 0 Å². The van der Waals surface area contributed by atoms with Gasteiger partial charge in [-0.2, -0.15) is 5.10 Å². The molecule has 1 saturated heterocycles. The molecule has 2 heterocycles. The second-order valence-corrected chi connectivity index (χ2v) is 8.72. The predicted octanol–water partition coefficient (Wildman–Crippen LogP) is 0.509. The first kappa shape index (κ1) is 19.5. The van der Waals surface area contributed by atoms with Crippen molar-refractivity contribution in [3.05, 3.63) is 47.8 Å². The standard InChI is InChI=1S/C18H25N5O3S/c1-12(13-5-4-6-15(7-13)27(25,26)19-2)22-18(24)17-10-20-9-16(17)14-8-21-23(3)11-14/h4-8,11-12,16-17,19-20H,9-10H2,1-3H3,(H,22,24)/t12?,16-,17+/m1/s1. The number of carbonyl (C=O) groups is 1. The Morgan fingerprint density at radius 2 is 2.15 bits per heavy atom. The lowest BCUT2D eigenvalue weighted by Gasteiger charge is -2.21. The number of nitrogens with zero attached hydrogens (tertiary/aromatic N) is 2. The van der Waals surface area contributed by atoms with Gasteiger partial charge in [-0.25, -0.2) is 13.1 Å². The molecule has 3 atom stereocenters. The fraction of sp³-hybridized carbons (Fsp3) is 0.444. The maximum atomic E-state index is 12.8. The Bertz CT molecular complexity index is 925. The molecular formula is C18H25N5O3S. The predicted molar refractivity (Wildman–Crippen MR) is 102 cm³/mol. The summed E-state index contributed by atoms with van der Waals surface area (Å²) >= 11 is 0. The number of carbonyl (C=O) groups excluding carboxylic acids is 1. The van der Waals surface area contributed by atoms with Crippen LogP contribution < -0.4 is 15.4 Å². The van der Waals surface area contributed by atoms with Crippen molar-refractivity contribution in [1.82, 2.24) is 25.1 Å². The Morgan fingerprint density at radius 1 is 1.37 bits per heavy atom. The van der Waals surface area contributed by atoms with E-state index in [1.165, 1.54) is 13.1 Å². The van der Waals surface area contributed by atoms with Gasteiger partial charge >= 0.3 is 0 Å². The van der Waals surface area contributed by atoms with Crippen LogP contribution >= 0.6 is 0 Å². The summed E-state index contributed by atoms with van der Waals surface area (Å²) in [6.07, 6.45) is 3.74. The minimum Gasteiger partial charge on any atom is -0.349 e. The Morgan fingerprint density at radius 3 is 2.81 bits per heavy atom. The molecule has 0 saturated carbocycles. The summed E-state index contributed by atoms with van der Waals surface area (Å²) in [7, 11) is -0.293. The van der Waals surface area contributed by atoms with Crippen LogP contribution in [0.4, 0.5) is 0 Å². The van der Waals surface area contributed by atoms with E-state index in [-0.39, 0.29) is 28.7 Å². The van der Waals surface area contributed by atoms with Crippen LogP contribution in [-0.4, -0.2) is 44.2 Å². The number of hydrogen-bond acceptors (Lipinski definition) is 5. The lowest BCUT2D eigenvalue weighted by molar-refractivity contribution is -0.125. The summed E-state index contributed by atoms with van der Waals surface area (Å²) in [6.45, 7) is 3.19. The molecule has 3 rings (SSSR count). The summed E-state index contributed by atoms with van der Waals surface area (Å²) in [5, 5.41) is 10.5. The molecule has 9 heteroatoms. The van der Waals surface area contributed by atoms with Crippen LogP contribution in [-0.2, 0) is 21.9 Å². The van der Waals surface area contributed by atoms with E-state index in [0.717, 1.165) is 17.7 Å². The highest BCUT2D eigenvalue weighted by atomic mass is 32.2. The zero-order valence-corrected chi connectivity index (χ0v) is 16.5. The molecule has 0 aliphatic carbocycles. The normalized spacial score (nSPS) is 21.1. The quantitative estimate of drug-likeness (QED) is 0.665. The van der Waals surface area contributed by atoms with Crippen LogP contribution in [0.3, 0.4) is 0 Å². The first-order valence-corrected chi connectivity index (χ1v) is 10.3. The number of benzene rings is 1. The molecule has 1 amide bonds. The molecule has 2 aromatic rings. The average molecular weight is 391 g/mol. The molecule has 8 nitrogen and oxygen atoms in total. The van der Waals surface area contributed by atoms with Gasteiger partial charge in [-0.15, -0.1) is 0 Å². The number of aromatic nitrogens is 2. The average Bonchev–Trinajstić information content (AvgIpc) is 3.30. The third kappa shape index (κ3) is 4.20. The SMILES string of the molecule is CNS(=O)(=O)c1cccc(C(C)NC(=O)[C@H]2CNC[C@@H]2c2cnn(C)c2)c1. The molecular weight excluding hydrogens is 366 g/mol. The molecule has 0 bridgehead atoms. The molecule has 1 aromatic heterocycles. The largest absolute Gasteiger partial charge is 0.349 e. The van der Waals surface area contributed by atoms with Crippen molar-refractivity contribution in [2.75, 3.05) is 20.1 Å². The second kappa shape index (κ2) is 7.79. The summed E-state index contributed by atoms with van der Waals surface area (Å²) in [6, 6.07) is 6.30. The van der Waals surface area contributed by atoms with Crippen LogP contribution in [0.15, 0.2) is 41.6 Å². The number of rotatable bonds is 6. The van der Waals surface area contributed by atoms with E-state index in [2.05, 4.69) is 20.5 Å². The molecule has 3 N–H and O–H groups in total. The van der Waals surface area contributed by atoms with Gasteiger partial charge in [0.05, 0.1) is 23.1 Å². The topological polar surface area (TPSA) is 105 Å². The lowest BCUT2D eigenvalue weighted by atomic mass is 9.90. The maximum absolute atomic E-state index is 12.8. The number of amides is 1. The summed E-state index contributed by atoms with van der Waals surface area (Å²) in [5.74, 6) is -0.175. The summed E-state index contributed by atoms with van der Waals surface area (Å²) < 4.78 is 28.0. The molecule has 1 fully saturated rings. The van der Waals surface area contributed by atoms with Crippen molar-refractivity contribution in [2.45, 2.75) is 23.8 Å². The highest BCUT2D eigenvalue weighted by Crippen LogP contribution is 2.28. The van der Waals surface area contributed by atoms with Gasteiger partial charge in [0.25, 0.3) is 0 Å². The van der Waals surface area contributed by atoms with E-state index in [9.17, 15) is 13.2 Å². The molecule has 1 unspecified atom stereocenters. The third-order valence-corrected chi connectivity index (χ3v) is 6.41. The van der Waals surface area contributed by atoms with Crippen LogP contribution in [0.25, 0.3) is 0 Å². The second-order valence-electron chi connectivity index (χ2n) is 6.83. The van der Waals surface area contributed by atoms with Crippen LogP contribution in [0.5, 0.6) is 0 Å². The van der Waals surface area contributed by atoms with Crippen molar-refractivity contribution >= 4 is 15.9 Å². The van der Waals surface area contributed by atoms with Gasteiger partial charge in [0.1, 0.15) is 0 Å². The minimum atomic E-state index is -3.52. The van der Waals surface area contributed by atoms with Crippen molar-refractivity contribution in [3.63, 3.8) is 0 Å². The van der Waals surface area contributed by atoms with E-state index in [1.54, 1.807) is 23.0 Å². The zero-order valence-electron chi connectivity index (χ0n) is 15.6. The Kier molecular flexibility index (Phi) is 5.64. The van der Waals surface area contributed by atoms with Gasteiger partial charge in [0.15, 0.2) is 0 Å². The number of nitrogens with one attached hydrogen (secondary N) is 3. The Hall–Kier alpha value is -2.23. The van der Waals surface area contributed by atoms with Crippen LogP contribution in [0.1, 0.15) is 30.0 Å². The summed E-state index contributed by atoms with van der Waals surface area (Å²) in [4.78, 5) is 13.0. The van der Waals surface area contributed by atoms with E-state index >= 15 is 0 Å². The van der Waals surface area contributed by atoms with Crippen molar-refractivity contribution in [3.8, 4) is 0 Å². The molecule has 146 valence electrons. The lowest BCUT2D eigenvalue weighted by Crippen LogP contribution is -2.36. The highest BCUT2D eigenvalue weighted by Gasteiger charge is 2.35. The minimum absolute atomic E-state index is 0.0526. The van der Waals surface area contributed by atoms with Crippen molar-refractivity contribution < 1.29 is 13.2 Å². The first-order valence-electron chi connectivity index (χ1n) is 8.85. The third-order valence-electron chi connectivity index (χ3n) is 5.00. The van der Waals surface area contributed by atoms with Gasteiger partial charge in [0.2, 0.25) is 15.9 Å². The summed E-state index contributed by atoms with van der Waals surface area (Å²) in [5.41, 5.74) is 1.78. The molecule has 1 aliphatic heterocycles. The fourth-order valence-corrected chi connectivity index (χ4v) is 4.19. The maximum Gasteiger partial charge on any atom is 0.240 e. The zero-order chi connectivity index (χ0) is 19.6. The smallest absolute Gasteiger partial charge is 0.240 e. The molecule has 0 radical (unpaired) electrons.